The van der Waals surface area contributed by atoms with Crippen molar-refractivity contribution in [3.05, 3.63) is 95.9 Å². The molecule has 0 spiro atoms. The molecule has 1 aliphatic carbocycles. The van der Waals surface area contributed by atoms with E-state index in [0.717, 1.165) is 17.8 Å². The van der Waals surface area contributed by atoms with Gasteiger partial charge in [0.2, 0.25) is 0 Å². The van der Waals surface area contributed by atoms with Crippen molar-refractivity contribution in [3.63, 3.8) is 0 Å². The molecule has 0 fully saturated rings. The Bertz CT molecular complexity index is 1580. The number of benzene rings is 4. The Labute approximate surface area is 201 Å². The molecular formula is C32H30N2. The molecule has 1 aromatic heterocycles. The zero-order valence-electron chi connectivity index (χ0n) is 20.6. The summed E-state index contributed by atoms with van der Waals surface area (Å²) in [5.74, 6) is 0. The first-order valence-electron chi connectivity index (χ1n) is 12.1. The predicted octanol–water partition coefficient (Wildman–Crippen LogP) is 8.34. The summed E-state index contributed by atoms with van der Waals surface area (Å²) in [7, 11) is 0. The van der Waals surface area contributed by atoms with E-state index < -0.39 is 0 Å². The van der Waals surface area contributed by atoms with Crippen molar-refractivity contribution in [2.45, 2.75) is 46.5 Å². The second-order valence-corrected chi connectivity index (χ2v) is 11.3. The molecule has 4 aromatic carbocycles. The van der Waals surface area contributed by atoms with Gasteiger partial charge in [0.25, 0.3) is 0 Å². The Balaban J connectivity index is 1.68. The van der Waals surface area contributed by atoms with Gasteiger partial charge >= 0.3 is 0 Å². The molecule has 0 atom stereocenters. The molecule has 5 aromatic rings. The van der Waals surface area contributed by atoms with Crippen LogP contribution in [0.3, 0.4) is 0 Å². The average molecular weight is 443 g/mol. The van der Waals surface area contributed by atoms with Gasteiger partial charge in [-0.05, 0) is 50.1 Å². The first kappa shape index (κ1) is 21.0. The Hall–Kier alpha value is -3.52. The standard InChI is InChI=1S/C32H30N2/c1-31(2,3)18-21-11-8-14-24-22(21)13-9-15-25(24)29-28-27-23-12-7-6-10-20(23)16-17-26(27)32(4,5)30(28)34-19-33-29/h6-17,19H,18H2,1-5H3. The highest BCUT2D eigenvalue weighted by Gasteiger charge is 2.40. The predicted molar refractivity (Wildman–Crippen MR) is 143 cm³/mol. The quantitative estimate of drug-likeness (QED) is 0.274. The van der Waals surface area contributed by atoms with Crippen LogP contribution in [-0.4, -0.2) is 9.97 Å². The van der Waals surface area contributed by atoms with Gasteiger partial charge in [0.05, 0.1) is 11.4 Å². The lowest BCUT2D eigenvalue weighted by atomic mass is 9.84. The van der Waals surface area contributed by atoms with Crippen LogP contribution in [0.1, 0.15) is 51.4 Å². The van der Waals surface area contributed by atoms with E-state index in [9.17, 15) is 0 Å². The van der Waals surface area contributed by atoms with Crippen molar-refractivity contribution in [1.82, 2.24) is 9.97 Å². The second kappa shape index (κ2) is 7.24. The summed E-state index contributed by atoms with van der Waals surface area (Å²) in [4.78, 5) is 9.79. The Morgan fingerprint density at radius 1 is 0.706 bits per heavy atom. The van der Waals surface area contributed by atoms with E-state index in [1.165, 1.54) is 49.4 Å². The van der Waals surface area contributed by atoms with E-state index in [1.807, 2.05) is 0 Å². The molecule has 0 saturated carbocycles. The van der Waals surface area contributed by atoms with E-state index in [1.54, 1.807) is 6.33 Å². The molecule has 1 aliphatic rings. The third-order valence-corrected chi connectivity index (χ3v) is 7.28. The largest absolute Gasteiger partial charge is 0.240 e. The van der Waals surface area contributed by atoms with Crippen LogP contribution in [0.4, 0.5) is 0 Å². The lowest BCUT2D eigenvalue weighted by molar-refractivity contribution is 0.412. The summed E-state index contributed by atoms with van der Waals surface area (Å²) in [5, 5.41) is 5.11. The Morgan fingerprint density at radius 3 is 2.26 bits per heavy atom. The Kier molecular flexibility index (Phi) is 4.48. The highest BCUT2D eigenvalue weighted by atomic mass is 14.9. The fraction of sp³-hybridized carbons (Fsp3) is 0.250. The molecular weight excluding hydrogens is 412 g/mol. The summed E-state index contributed by atoms with van der Waals surface area (Å²) in [5.41, 5.74) is 8.59. The van der Waals surface area contributed by atoms with E-state index in [0.29, 0.717) is 0 Å². The van der Waals surface area contributed by atoms with E-state index >= 15 is 0 Å². The normalized spacial score (nSPS) is 14.4. The molecule has 2 heteroatoms. The van der Waals surface area contributed by atoms with Gasteiger partial charge in [0, 0.05) is 16.5 Å². The van der Waals surface area contributed by atoms with Crippen LogP contribution in [0.5, 0.6) is 0 Å². The Morgan fingerprint density at radius 2 is 1.44 bits per heavy atom. The number of rotatable bonds is 2. The SMILES string of the molecule is CC(C)(C)Cc1cccc2c(-c3ncnc4c3-c3c(ccc5ccccc35)C4(C)C)cccc12. The van der Waals surface area contributed by atoms with Gasteiger partial charge in [-0.3, -0.25) is 0 Å². The zero-order valence-corrected chi connectivity index (χ0v) is 20.6. The highest BCUT2D eigenvalue weighted by molar-refractivity contribution is 6.08. The van der Waals surface area contributed by atoms with Crippen molar-refractivity contribution in [1.29, 1.82) is 0 Å². The number of fused-ring (bicyclic) bond motifs is 6. The van der Waals surface area contributed by atoms with Gasteiger partial charge in [0.15, 0.2) is 0 Å². The minimum Gasteiger partial charge on any atom is -0.240 e. The first-order valence-corrected chi connectivity index (χ1v) is 12.1. The third-order valence-electron chi connectivity index (χ3n) is 7.28. The second-order valence-electron chi connectivity index (χ2n) is 11.3. The summed E-state index contributed by atoms with van der Waals surface area (Å²) in [6.07, 6.45) is 2.79. The summed E-state index contributed by atoms with van der Waals surface area (Å²) < 4.78 is 0. The van der Waals surface area contributed by atoms with Crippen molar-refractivity contribution in [3.8, 4) is 22.4 Å². The number of aromatic nitrogens is 2. The van der Waals surface area contributed by atoms with E-state index in [-0.39, 0.29) is 10.8 Å². The average Bonchev–Trinajstić information content (AvgIpc) is 3.05. The topological polar surface area (TPSA) is 25.8 Å². The van der Waals surface area contributed by atoms with Crippen LogP contribution >= 0.6 is 0 Å². The smallest absolute Gasteiger partial charge is 0.116 e. The van der Waals surface area contributed by atoms with E-state index in [4.69, 9.17) is 9.97 Å². The molecule has 2 nitrogen and oxygen atoms in total. The molecule has 0 aliphatic heterocycles. The minimum absolute atomic E-state index is 0.172. The number of nitrogens with zero attached hydrogens (tertiary/aromatic N) is 2. The first-order chi connectivity index (χ1) is 16.3. The maximum absolute atomic E-state index is 4.94. The van der Waals surface area contributed by atoms with Crippen LogP contribution < -0.4 is 0 Å². The van der Waals surface area contributed by atoms with Crippen molar-refractivity contribution in [2.24, 2.45) is 5.41 Å². The monoisotopic (exact) mass is 442 g/mol. The molecule has 0 N–H and O–H groups in total. The zero-order chi connectivity index (χ0) is 23.7. The molecule has 6 rings (SSSR count). The van der Waals surface area contributed by atoms with Gasteiger partial charge in [-0.1, -0.05) is 107 Å². The van der Waals surface area contributed by atoms with Crippen LogP contribution in [-0.2, 0) is 11.8 Å². The maximum atomic E-state index is 4.94. The van der Waals surface area contributed by atoms with Crippen LogP contribution in [0.15, 0.2) is 79.1 Å². The van der Waals surface area contributed by atoms with Crippen molar-refractivity contribution < 1.29 is 0 Å². The molecule has 0 radical (unpaired) electrons. The highest BCUT2D eigenvalue weighted by Crippen LogP contribution is 2.53. The molecule has 1 heterocycles. The van der Waals surface area contributed by atoms with Crippen LogP contribution in [0.2, 0.25) is 0 Å². The molecule has 34 heavy (non-hydrogen) atoms. The summed E-state index contributed by atoms with van der Waals surface area (Å²) >= 11 is 0. The molecule has 168 valence electrons. The van der Waals surface area contributed by atoms with Crippen molar-refractivity contribution >= 4 is 21.5 Å². The van der Waals surface area contributed by atoms with Crippen LogP contribution in [0, 0.1) is 5.41 Å². The number of hydrogen-bond donors (Lipinski definition) is 0. The van der Waals surface area contributed by atoms with Gasteiger partial charge in [-0.2, -0.15) is 0 Å². The van der Waals surface area contributed by atoms with Gasteiger partial charge < -0.3 is 0 Å². The molecule has 0 saturated heterocycles. The van der Waals surface area contributed by atoms with Gasteiger partial charge in [-0.25, -0.2) is 9.97 Å². The van der Waals surface area contributed by atoms with E-state index in [2.05, 4.69) is 107 Å². The number of hydrogen-bond acceptors (Lipinski definition) is 2. The molecule has 0 amide bonds. The fourth-order valence-electron chi connectivity index (χ4n) is 5.80. The summed E-state index contributed by atoms with van der Waals surface area (Å²) in [6, 6.07) is 26.6. The maximum Gasteiger partial charge on any atom is 0.116 e. The van der Waals surface area contributed by atoms with Gasteiger partial charge in [0.1, 0.15) is 6.33 Å². The lowest BCUT2D eigenvalue weighted by Crippen LogP contribution is -2.16. The van der Waals surface area contributed by atoms with Crippen LogP contribution in [0.25, 0.3) is 43.9 Å². The summed E-state index contributed by atoms with van der Waals surface area (Å²) in [6.45, 7) is 11.5. The molecule has 0 bridgehead atoms. The lowest BCUT2D eigenvalue weighted by Gasteiger charge is -2.21. The molecule has 0 unspecified atom stereocenters. The van der Waals surface area contributed by atoms with Crippen molar-refractivity contribution in [2.75, 3.05) is 0 Å². The fourth-order valence-corrected chi connectivity index (χ4v) is 5.80. The van der Waals surface area contributed by atoms with Gasteiger partial charge in [-0.15, -0.1) is 0 Å². The minimum atomic E-state index is -0.172. The third kappa shape index (κ3) is 3.09.